The number of halogens is 2. The summed E-state index contributed by atoms with van der Waals surface area (Å²) < 4.78 is 42.0. The van der Waals surface area contributed by atoms with Crippen molar-refractivity contribution in [1.29, 1.82) is 0 Å². The third kappa shape index (κ3) is 5.66. The number of pyridine rings is 1. The topological polar surface area (TPSA) is 52.6 Å². The Morgan fingerprint density at radius 3 is 2.60 bits per heavy atom. The van der Waals surface area contributed by atoms with E-state index in [1.807, 2.05) is 6.92 Å². The van der Waals surface area contributed by atoms with Gasteiger partial charge in [0.25, 0.3) is 5.88 Å². The van der Waals surface area contributed by atoms with Gasteiger partial charge in [0.1, 0.15) is 6.61 Å². The van der Waals surface area contributed by atoms with Crippen LogP contribution in [0.4, 0.5) is 14.6 Å². The summed E-state index contributed by atoms with van der Waals surface area (Å²) in [5, 5.41) is 2.77. The molecule has 0 saturated heterocycles. The number of nitrogens with zero attached hydrogens (tertiary/aromatic N) is 1. The van der Waals surface area contributed by atoms with E-state index in [1.165, 1.54) is 0 Å². The lowest BCUT2D eigenvalue weighted by atomic mass is 10.4. The minimum atomic E-state index is -0.832. The van der Waals surface area contributed by atoms with Crippen LogP contribution in [0.25, 0.3) is 0 Å². The molecule has 0 fully saturated rings. The summed E-state index contributed by atoms with van der Waals surface area (Å²) in [7, 11) is 1.57. The highest BCUT2D eigenvalue weighted by molar-refractivity contribution is 5.39. The summed E-state index contributed by atoms with van der Waals surface area (Å²) in [6.07, 6.45) is 0.808. The summed E-state index contributed by atoms with van der Waals surface area (Å²) in [5.74, 6) is -1.81. The van der Waals surface area contributed by atoms with Gasteiger partial charge < -0.3 is 19.5 Å². The number of hydrogen-bond donors (Lipinski definition) is 1. The van der Waals surface area contributed by atoms with Gasteiger partial charge in [-0.05, 0) is 6.42 Å². The molecule has 0 atom stereocenters. The number of ether oxygens (including phenoxy) is 3. The van der Waals surface area contributed by atoms with E-state index in [4.69, 9.17) is 14.2 Å². The Morgan fingerprint density at radius 2 is 1.90 bits per heavy atom. The molecular formula is C13H20F2N2O3. The van der Waals surface area contributed by atoms with Crippen LogP contribution in [0.1, 0.15) is 13.3 Å². The third-order valence-corrected chi connectivity index (χ3v) is 2.34. The van der Waals surface area contributed by atoms with Crippen molar-refractivity contribution in [2.75, 3.05) is 45.4 Å². The summed E-state index contributed by atoms with van der Waals surface area (Å²) in [5.41, 5.74) is 0. The number of aromatic nitrogens is 1. The van der Waals surface area contributed by atoms with E-state index >= 15 is 0 Å². The maximum Gasteiger partial charge on any atom is 0.252 e. The van der Waals surface area contributed by atoms with Crippen LogP contribution in [0.3, 0.4) is 0 Å². The van der Waals surface area contributed by atoms with E-state index in [1.54, 1.807) is 7.11 Å². The molecule has 1 aromatic heterocycles. The van der Waals surface area contributed by atoms with Crippen molar-refractivity contribution in [3.63, 3.8) is 0 Å². The molecule has 1 N–H and O–H groups in total. The van der Waals surface area contributed by atoms with Gasteiger partial charge in [-0.3, -0.25) is 0 Å². The Hall–Kier alpha value is -1.47. The average molecular weight is 290 g/mol. The fourth-order valence-corrected chi connectivity index (χ4v) is 1.36. The van der Waals surface area contributed by atoms with Crippen LogP contribution in [0.2, 0.25) is 0 Å². The van der Waals surface area contributed by atoms with Crippen molar-refractivity contribution >= 4 is 5.82 Å². The van der Waals surface area contributed by atoms with Crippen molar-refractivity contribution in [2.24, 2.45) is 0 Å². The van der Waals surface area contributed by atoms with Crippen molar-refractivity contribution in [3.05, 3.63) is 17.7 Å². The van der Waals surface area contributed by atoms with Gasteiger partial charge in [-0.1, -0.05) is 6.92 Å². The van der Waals surface area contributed by atoms with E-state index in [-0.39, 0.29) is 24.9 Å². The predicted octanol–water partition coefficient (Wildman–Crippen LogP) is 2.22. The van der Waals surface area contributed by atoms with E-state index < -0.39 is 11.6 Å². The lowest BCUT2D eigenvalue weighted by molar-refractivity contribution is 0.0529. The van der Waals surface area contributed by atoms with Gasteiger partial charge in [0.2, 0.25) is 0 Å². The molecule has 0 radical (unpaired) electrons. The second-order valence-electron chi connectivity index (χ2n) is 3.99. The molecule has 1 heterocycles. The maximum absolute atomic E-state index is 13.5. The van der Waals surface area contributed by atoms with Crippen LogP contribution in [-0.2, 0) is 9.47 Å². The van der Waals surface area contributed by atoms with Crippen molar-refractivity contribution in [2.45, 2.75) is 13.3 Å². The van der Waals surface area contributed by atoms with Gasteiger partial charge in [0.15, 0.2) is 17.5 Å². The van der Waals surface area contributed by atoms with Crippen LogP contribution < -0.4 is 10.1 Å². The van der Waals surface area contributed by atoms with E-state index in [0.29, 0.717) is 19.8 Å². The molecule has 5 nitrogen and oxygen atoms in total. The number of hydrogen-bond acceptors (Lipinski definition) is 5. The standard InChI is InChI=1S/C13H20F2N2O3/c1-3-4-16-12-10(14)9-11(15)13(17-12)20-8-7-19-6-5-18-2/h9H,3-8H2,1-2H3,(H,16,17). The van der Waals surface area contributed by atoms with Crippen LogP contribution >= 0.6 is 0 Å². The molecular weight excluding hydrogens is 270 g/mol. The normalized spacial score (nSPS) is 10.6. The summed E-state index contributed by atoms with van der Waals surface area (Å²) >= 11 is 0. The van der Waals surface area contributed by atoms with Crippen molar-refractivity contribution < 1.29 is 23.0 Å². The van der Waals surface area contributed by atoms with Crippen molar-refractivity contribution in [1.82, 2.24) is 4.98 Å². The van der Waals surface area contributed by atoms with Gasteiger partial charge in [0.05, 0.1) is 19.8 Å². The molecule has 0 aliphatic rings. The second kappa shape index (κ2) is 9.44. The maximum atomic E-state index is 13.5. The van der Waals surface area contributed by atoms with Gasteiger partial charge >= 0.3 is 0 Å². The average Bonchev–Trinajstić information content (AvgIpc) is 2.43. The molecule has 0 spiro atoms. The first-order chi connectivity index (χ1) is 9.69. The van der Waals surface area contributed by atoms with Gasteiger partial charge in [-0.2, -0.15) is 4.98 Å². The highest BCUT2D eigenvalue weighted by Crippen LogP contribution is 2.20. The van der Waals surface area contributed by atoms with Gasteiger partial charge in [-0.25, -0.2) is 8.78 Å². The fourth-order valence-electron chi connectivity index (χ4n) is 1.36. The predicted molar refractivity (Wildman–Crippen MR) is 71.1 cm³/mol. The third-order valence-electron chi connectivity index (χ3n) is 2.34. The van der Waals surface area contributed by atoms with E-state index in [9.17, 15) is 8.78 Å². The zero-order chi connectivity index (χ0) is 14.8. The quantitative estimate of drug-likeness (QED) is 0.670. The molecule has 0 amide bonds. The molecule has 0 aromatic carbocycles. The lowest BCUT2D eigenvalue weighted by Crippen LogP contribution is -2.12. The van der Waals surface area contributed by atoms with E-state index in [0.717, 1.165) is 12.5 Å². The molecule has 20 heavy (non-hydrogen) atoms. The first kappa shape index (κ1) is 16.6. The van der Waals surface area contributed by atoms with Gasteiger partial charge in [0, 0.05) is 19.7 Å². The molecule has 1 rings (SSSR count). The smallest absolute Gasteiger partial charge is 0.252 e. The highest BCUT2D eigenvalue weighted by atomic mass is 19.1. The number of methoxy groups -OCH3 is 1. The number of anilines is 1. The number of rotatable bonds is 10. The highest BCUT2D eigenvalue weighted by Gasteiger charge is 2.12. The monoisotopic (exact) mass is 290 g/mol. The molecule has 0 aliphatic heterocycles. The Morgan fingerprint density at radius 1 is 1.15 bits per heavy atom. The minimum absolute atomic E-state index is 0.0106. The Kier molecular flexibility index (Phi) is 7.82. The second-order valence-corrected chi connectivity index (χ2v) is 3.99. The molecule has 0 unspecified atom stereocenters. The summed E-state index contributed by atoms with van der Waals surface area (Å²) in [6.45, 7) is 3.81. The Bertz CT molecular complexity index is 405. The largest absolute Gasteiger partial charge is 0.473 e. The zero-order valence-corrected chi connectivity index (χ0v) is 11.7. The van der Waals surface area contributed by atoms with Crippen LogP contribution in [-0.4, -0.2) is 45.1 Å². The van der Waals surface area contributed by atoms with E-state index in [2.05, 4.69) is 10.3 Å². The minimum Gasteiger partial charge on any atom is -0.473 e. The SMILES string of the molecule is CCCNc1nc(OCCOCCOC)c(F)cc1F. The molecule has 114 valence electrons. The molecule has 0 aliphatic carbocycles. The summed E-state index contributed by atoms with van der Waals surface area (Å²) in [4.78, 5) is 3.78. The molecule has 0 bridgehead atoms. The lowest BCUT2D eigenvalue weighted by Gasteiger charge is -2.10. The molecule has 0 saturated carbocycles. The van der Waals surface area contributed by atoms with Crippen LogP contribution in [0.5, 0.6) is 5.88 Å². The zero-order valence-electron chi connectivity index (χ0n) is 11.7. The van der Waals surface area contributed by atoms with Crippen molar-refractivity contribution in [3.8, 4) is 5.88 Å². The molecule has 1 aromatic rings. The fraction of sp³-hybridized carbons (Fsp3) is 0.615. The molecule has 7 heteroatoms. The summed E-state index contributed by atoms with van der Waals surface area (Å²) in [6, 6.07) is 0.756. The van der Waals surface area contributed by atoms with Gasteiger partial charge in [-0.15, -0.1) is 0 Å². The first-order valence-corrected chi connectivity index (χ1v) is 6.48. The Balaban J connectivity index is 2.47. The first-order valence-electron chi connectivity index (χ1n) is 6.48. The number of nitrogens with one attached hydrogen (secondary N) is 1. The van der Waals surface area contributed by atoms with Crippen LogP contribution in [0.15, 0.2) is 6.07 Å². The Labute approximate surface area is 117 Å². The van der Waals surface area contributed by atoms with Crippen LogP contribution in [0, 0.1) is 11.6 Å².